The van der Waals surface area contributed by atoms with E-state index in [1.807, 2.05) is 23.1 Å². The fraction of sp³-hybridized carbons (Fsp3) is 0.632. The molecule has 0 spiro atoms. The molecule has 0 bridgehead atoms. The summed E-state index contributed by atoms with van der Waals surface area (Å²) >= 11 is 0. The van der Waals surface area contributed by atoms with Crippen LogP contribution in [0, 0.1) is 5.92 Å². The molecule has 0 unspecified atom stereocenters. The lowest BCUT2D eigenvalue weighted by Crippen LogP contribution is -2.34. The Bertz CT molecular complexity index is 546. The predicted octanol–water partition coefficient (Wildman–Crippen LogP) is 3.34. The Labute approximate surface area is 146 Å². The van der Waals surface area contributed by atoms with E-state index in [-0.39, 0.29) is 6.03 Å². The zero-order chi connectivity index (χ0) is 17.7. The van der Waals surface area contributed by atoms with Crippen molar-refractivity contribution in [1.29, 1.82) is 0 Å². The molecule has 0 aromatic heterocycles. The van der Waals surface area contributed by atoms with Crippen molar-refractivity contribution in [2.75, 3.05) is 50.5 Å². The highest BCUT2D eigenvalue weighted by Crippen LogP contribution is 2.22. The lowest BCUT2D eigenvalue weighted by Gasteiger charge is -2.24. The highest BCUT2D eigenvalue weighted by molar-refractivity contribution is 5.90. The van der Waals surface area contributed by atoms with Crippen molar-refractivity contribution in [2.45, 2.75) is 33.2 Å². The molecule has 0 saturated carbocycles. The first-order chi connectivity index (χ1) is 11.4. The molecule has 0 aliphatic carbocycles. The van der Waals surface area contributed by atoms with Gasteiger partial charge in [0, 0.05) is 44.1 Å². The van der Waals surface area contributed by atoms with Gasteiger partial charge >= 0.3 is 6.03 Å². The number of nitrogens with one attached hydrogen (secondary N) is 1. The molecule has 1 saturated heterocycles. The Balaban J connectivity index is 1.92. The summed E-state index contributed by atoms with van der Waals surface area (Å²) < 4.78 is 0. The lowest BCUT2D eigenvalue weighted by atomic mass is 10.1. The number of amides is 2. The van der Waals surface area contributed by atoms with E-state index < -0.39 is 0 Å². The van der Waals surface area contributed by atoms with Crippen LogP contribution in [0.4, 0.5) is 16.2 Å². The first-order valence-corrected chi connectivity index (χ1v) is 8.98. The molecule has 5 nitrogen and oxygen atoms in total. The average molecular weight is 332 g/mol. The second-order valence-electron chi connectivity index (χ2n) is 7.14. The SMILES string of the molecule is CCN(C)C[C@H]1CCN(C(=O)Nc2cccc(N(C)C(C)C)c2)C1. The number of hydrogen-bond acceptors (Lipinski definition) is 3. The zero-order valence-electron chi connectivity index (χ0n) is 15.7. The van der Waals surface area contributed by atoms with Gasteiger partial charge in [-0.1, -0.05) is 13.0 Å². The summed E-state index contributed by atoms with van der Waals surface area (Å²) in [5, 5.41) is 3.05. The molecule has 1 aromatic carbocycles. The summed E-state index contributed by atoms with van der Waals surface area (Å²) in [6.45, 7) is 10.3. The quantitative estimate of drug-likeness (QED) is 0.868. The fourth-order valence-corrected chi connectivity index (χ4v) is 3.04. The molecule has 1 aliphatic heterocycles. The van der Waals surface area contributed by atoms with Gasteiger partial charge in [-0.25, -0.2) is 4.79 Å². The van der Waals surface area contributed by atoms with Crippen LogP contribution in [-0.4, -0.2) is 62.1 Å². The molecule has 1 fully saturated rings. The Kier molecular flexibility index (Phi) is 6.49. The van der Waals surface area contributed by atoms with Crippen LogP contribution in [0.5, 0.6) is 0 Å². The largest absolute Gasteiger partial charge is 0.372 e. The van der Waals surface area contributed by atoms with Crippen LogP contribution in [0.1, 0.15) is 27.2 Å². The van der Waals surface area contributed by atoms with E-state index in [0.29, 0.717) is 12.0 Å². The third-order valence-corrected chi connectivity index (χ3v) is 4.96. The smallest absolute Gasteiger partial charge is 0.321 e. The average Bonchev–Trinajstić information content (AvgIpc) is 3.02. The highest BCUT2D eigenvalue weighted by atomic mass is 16.2. The Morgan fingerprint density at radius 3 is 2.79 bits per heavy atom. The molecule has 5 heteroatoms. The van der Waals surface area contributed by atoms with Gasteiger partial charge in [0.25, 0.3) is 0 Å². The highest BCUT2D eigenvalue weighted by Gasteiger charge is 2.26. The Morgan fingerprint density at radius 2 is 2.12 bits per heavy atom. The fourth-order valence-electron chi connectivity index (χ4n) is 3.04. The van der Waals surface area contributed by atoms with E-state index in [4.69, 9.17) is 0 Å². The maximum Gasteiger partial charge on any atom is 0.321 e. The summed E-state index contributed by atoms with van der Waals surface area (Å²) in [4.78, 5) is 19.0. The van der Waals surface area contributed by atoms with Crippen molar-refractivity contribution in [2.24, 2.45) is 5.92 Å². The number of likely N-dealkylation sites (tertiary alicyclic amines) is 1. The Morgan fingerprint density at radius 1 is 1.38 bits per heavy atom. The van der Waals surface area contributed by atoms with E-state index >= 15 is 0 Å². The van der Waals surface area contributed by atoms with Gasteiger partial charge in [-0.15, -0.1) is 0 Å². The number of anilines is 2. The van der Waals surface area contributed by atoms with E-state index in [2.05, 4.69) is 56.0 Å². The van der Waals surface area contributed by atoms with Crippen LogP contribution in [-0.2, 0) is 0 Å². The summed E-state index contributed by atoms with van der Waals surface area (Å²) in [6, 6.07) is 8.49. The van der Waals surface area contributed by atoms with Gasteiger partial charge in [-0.2, -0.15) is 0 Å². The van der Waals surface area contributed by atoms with Gasteiger partial charge in [0.05, 0.1) is 0 Å². The van der Waals surface area contributed by atoms with Crippen LogP contribution < -0.4 is 10.2 Å². The van der Waals surface area contributed by atoms with Gasteiger partial charge in [-0.05, 0) is 58.0 Å². The third-order valence-electron chi connectivity index (χ3n) is 4.96. The van der Waals surface area contributed by atoms with Crippen molar-refractivity contribution >= 4 is 17.4 Å². The molecule has 1 aromatic rings. The van der Waals surface area contributed by atoms with Gasteiger partial charge in [0.1, 0.15) is 0 Å². The molecule has 24 heavy (non-hydrogen) atoms. The van der Waals surface area contributed by atoms with Crippen LogP contribution in [0.3, 0.4) is 0 Å². The van der Waals surface area contributed by atoms with Crippen molar-refractivity contribution < 1.29 is 4.79 Å². The zero-order valence-corrected chi connectivity index (χ0v) is 15.7. The molecular formula is C19H32N4O. The minimum absolute atomic E-state index is 0.0148. The molecule has 0 radical (unpaired) electrons. The molecule has 1 heterocycles. The van der Waals surface area contributed by atoms with Crippen LogP contribution in [0.15, 0.2) is 24.3 Å². The van der Waals surface area contributed by atoms with E-state index in [1.54, 1.807) is 0 Å². The van der Waals surface area contributed by atoms with Crippen molar-refractivity contribution in [3.05, 3.63) is 24.3 Å². The van der Waals surface area contributed by atoms with E-state index in [0.717, 1.165) is 44.0 Å². The summed E-state index contributed by atoms with van der Waals surface area (Å²) in [7, 11) is 4.21. The molecule has 2 rings (SSSR count). The topological polar surface area (TPSA) is 38.8 Å². The molecular weight excluding hydrogens is 300 g/mol. The predicted molar refractivity (Wildman–Crippen MR) is 102 cm³/mol. The maximum atomic E-state index is 12.5. The maximum absolute atomic E-state index is 12.5. The number of hydrogen-bond donors (Lipinski definition) is 1. The minimum Gasteiger partial charge on any atom is -0.372 e. The molecule has 1 atom stereocenters. The second kappa shape index (κ2) is 8.38. The first-order valence-electron chi connectivity index (χ1n) is 8.98. The first kappa shape index (κ1) is 18.6. The summed E-state index contributed by atoms with van der Waals surface area (Å²) in [6.07, 6.45) is 1.09. The van der Waals surface area contributed by atoms with Crippen molar-refractivity contribution in [3.63, 3.8) is 0 Å². The van der Waals surface area contributed by atoms with Crippen molar-refractivity contribution in [3.8, 4) is 0 Å². The van der Waals surface area contributed by atoms with Gasteiger partial charge in [0.15, 0.2) is 0 Å². The summed E-state index contributed by atoms with van der Waals surface area (Å²) in [5.41, 5.74) is 1.98. The molecule has 1 aliphatic rings. The van der Waals surface area contributed by atoms with E-state index in [1.165, 1.54) is 0 Å². The summed E-state index contributed by atoms with van der Waals surface area (Å²) in [5.74, 6) is 0.583. The number of urea groups is 1. The molecule has 2 amide bonds. The number of rotatable bonds is 6. The molecule has 1 N–H and O–H groups in total. The standard InChI is InChI=1S/C19H32N4O/c1-6-21(4)13-16-10-11-23(14-16)19(24)20-17-8-7-9-18(12-17)22(5)15(2)3/h7-9,12,15-16H,6,10-11,13-14H2,1-5H3,(H,20,24)/t16-/m1/s1. The molecule has 134 valence electrons. The van der Waals surface area contributed by atoms with Gasteiger partial charge in [0.2, 0.25) is 0 Å². The van der Waals surface area contributed by atoms with Crippen molar-refractivity contribution in [1.82, 2.24) is 9.80 Å². The second-order valence-corrected chi connectivity index (χ2v) is 7.14. The van der Waals surface area contributed by atoms with E-state index in [9.17, 15) is 4.79 Å². The lowest BCUT2D eigenvalue weighted by molar-refractivity contribution is 0.218. The van der Waals surface area contributed by atoms with Gasteiger partial charge < -0.3 is 20.0 Å². The van der Waals surface area contributed by atoms with Crippen LogP contribution in [0.25, 0.3) is 0 Å². The number of nitrogens with zero attached hydrogens (tertiary/aromatic N) is 3. The minimum atomic E-state index is 0.0148. The van der Waals surface area contributed by atoms with Gasteiger partial charge in [-0.3, -0.25) is 0 Å². The number of carbonyl (C=O) groups excluding carboxylic acids is 1. The number of carbonyl (C=O) groups is 1. The van der Waals surface area contributed by atoms with Crippen LogP contribution in [0.2, 0.25) is 0 Å². The normalized spacial score (nSPS) is 17.6. The monoisotopic (exact) mass is 332 g/mol. The van der Waals surface area contributed by atoms with Crippen LogP contribution >= 0.6 is 0 Å². The third kappa shape index (κ3) is 4.87. The Hall–Kier alpha value is -1.75. The number of benzene rings is 1.